The molecule has 0 spiro atoms. The Bertz CT molecular complexity index is 1170. The lowest BCUT2D eigenvalue weighted by Crippen LogP contribution is -2.30. The lowest BCUT2D eigenvalue weighted by molar-refractivity contribution is 0.0695. The van der Waals surface area contributed by atoms with Crippen molar-refractivity contribution >= 4 is 16.8 Å². The van der Waals surface area contributed by atoms with E-state index >= 15 is 0 Å². The number of nitrogens with one attached hydrogen (secondary N) is 1. The number of carbonyl (C=O) groups excluding carboxylic acids is 1. The van der Waals surface area contributed by atoms with Crippen LogP contribution in [0.1, 0.15) is 47.6 Å². The minimum absolute atomic E-state index is 0.0189. The van der Waals surface area contributed by atoms with E-state index in [1.807, 2.05) is 41.8 Å². The molecule has 1 saturated heterocycles. The van der Waals surface area contributed by atoms with Gasteiger partial charge in [0.05, 0.1) is 5.52 Å². The Morgan fingerprint density at radius 1 is 1.10 bits per heavy atom. The van der Waals surface area contributed by atoms with E-state index in [-0.39, 0.29) is 17.6 Å². The van der Waals surface area contributed by atoms with Crippen molar-refractivity contribution in [3.8, 4) is 11.1 Å². The minimum atomic E-state index is -0.211. The number of hydrogen-bond donors (Lipinski definition) is 1. The highest BCUT2D eigenvalue weighted by atomic mass is 16.5. The summed E-state index contributed by atoms with van der Waals surface area (Å²) in [4.78, 5) is 29.1. The Kier molecular flexibility index (Phi) is 4.87. The van der Waals surface area contributed by atoms with Crippen molar-refractivity contribution in [3.05, 3.63) is 64.2 Å². The van der Waals surface area contributed by atoms with Crippen molar-refractivity contribution in [2.75, 3.05) is 13.2 Å². The molecule has 3 aromatic rings. The third-order valence-corrected chi connectivity index (χ3v) is 6.09. The summed E-state index contributed by atoms with van der Waals surface area (Å²) in [5.41, 5.74) is 4.49. The van der Waals surface area contributed by atoms with Crippen LogP contribution in [0.3, 0.4) is 0 Å². The molecule has 6 nitrogen and oxygen atoms in total. The highest BCUT2D eigenvalue weighted by Gasteiger charge is 2.24. The zero-order valence-electron chi connectivity index (χ0n) is 17.1. The van der Waals surface area contributed by atoms with Gasteiger partial charge in [-0.1, -0.05) is 12.1 Å². The van der Waals surface area contributed by atoms with Crippen LogP contribution in [0, 0.1) is 6.92 Å². The van der Waals surface area contributed by atoms with Crippen molar-refractivity contribution in [2.45, 2.75) is 44.7 Å². The van der Waals surface area contributed by atoms with E-state index in [1.165, 1.54) is 0 Å². The molecule has 2 fully saturated rings. The van der Waals surface area contributed by atoms with Gasteiger partial charge in [0.2, 0.25) is 0 Å². The lowest BCUT2D eigenvalue weighted by atomic mass is 9.96. The third-order valence-electron chi connectivity index (χ3n) is 6.09. The van der Waals surface area contributed by atoms with E-state index in [0.717, 1.165) is 53.3 Å². The van der Waals surface area contributed by atoms with E-state index in [2.05, 4.69) is 16.4 Å². The van der Waals surface area contributed by atoms with Gasteiger partial charge in [0.1, 0.15) is 0 Å². The topological polar surface area (TPSA) is 73.2 Å². The molecule has 2 heterocycles. The van der Waals surface area contributed by atoms with Crippen molar-refractivity contribution in [1.29, 1.82) is 0 Å². The second kappa shape index (κ2) is 7.69. The number of aromatic nitrogens is 2. The van der Waals surface area contributed by atoms with E-state index in [1.54, 1.807) is 6.20 Å². The molecule has 2 aliphatic rings. The first-order chi connectivity index (χ1) is 14.6. The molecule has 0 atom stereocenters. The highest BCUT2D eigenvalue weighted by molar-refractivity contribution is 5.96. The normalized spacial score (nSPS) is 17.2. The zero-order chi connectivity index (χ0) is 20.7. The van der Waals surface area contributed by atoms with Crippen LogP contribution in [-0.4, -0.2) is 34.7 Å². The number of benzene rings is 2. The first-order valence-corrected chi connectivity index (χ1v) is 10.6. The van der Waals surface area contributed by atoms with Gasteiger partial charge in [-0.15, -0.1) is 0 Å². The molecule has 1 saturated carbocycles. The average Bonchev–Trinajstić information content (AvgIpc) is 3.58. The second-order valence-corrected chi connectivity index (χ2v) is 8.31. The predicted molar refractivity (Wildman–Crippen MR) is 116 cm³/mol. The van der Waals surface area contributed by atoms with Crippen LogP contribution < -0.4 is 11.0 Å². The molecule has 2 aromatic carbocycles. The molecule has 1 amide bonds. The van der Waals surface area contributed by atoms with E-state index in [9.17, 15) is 9.59 Å². The van der Waals surface area contributed by atoms with E-state index in [0.29, 0.717) is 24.8 Å². The van der Waals surface area contributed by atoms with Gasteiger partial charge in [-0.2, -0.15) is 0 Å². The molecule has 0 bridgehead atoms. The summed E-state index contributed by atoms with van der Waals surface area (Å²) in [5.74, 6) is -0.0189. The SMILES string of the molecule is Cc1ccc(C(=O)NC2CC2)cc1-c1ccc2c(cnc(=O)n2C2CCOCC2)c1. The Hall–Kier alpha value is -2.99. The molecule has 1 N–H and O–H groups in total. The molecular formula is C24H25N3O3. The van der Waals surface area contributed by atoms with Crippen molar-refractivity contribution < 1.29 is 9.53 Å². The minimum Gasteiger partial charge on any atom is -0.381 e. The predicted octanol–water partition coefficient (Wildman–Crippen LogP) is 3.62. The molecule has 1 aliphatic heterocycles. The summed E-state index contributed by atoms with van der Waals surface area (Å²) in [7, 11) is 0. The molecule has 154 valence electrons. The summed E-state index contributed by atoms with van der Waals surface area (Å²) in [6, 6.07) is 12.4. The highest BCUT2D eigenvalue weighted by Crippen LogP contribution is 2.30. The van der Waals surface area contributed by atoms with Crippen LogP contribution in [-0.2, 0) is 4.74 Å². The fourth-order valence-corrected chi connectivity index (χ4v) is 4.20. The molecule has 30 heavy (non-hydrogen) atoms. The summed E-state index contributed by atoms with van der Waals surface area (Å²) in [5, 5.41) is 3.97. The van der Waals surface area contributed by atoms with Crippen LogP contribution in [0.5, 0.6) is 0 Å². The van der Waals surface area contributed by atoms with Gasteiger partial charge in [0, 0.05) is 42.4 Å². The fourth-order valence-electron chi connectivity index (χ4n) is 4.20. The number of aryl methyl sites for hydroxylation is 1. The Balaban J connectivity index is 1.54. The zero-order valence-corrected chi connectivity index (χ0v) is 17.1. The summed E-state index contributed by atoms with van der Waals surface area (Å²) in [6.45, 7) is 3.38. The molecular weight excluding hydrogens is 378 g/mol. The van der Waals surface area contributed by atoms with Crippen molar-refractivity contribution in [3.63, 3.8) is 0 Å². The fraction of sp³-hybridized carbons (Fsp3) is 0.375. The maximum absolute atomic E-state index is 12.5. The maximum atomic E-state index is 12.5. The van der Waals surface area contributed by atoms with Crippen molar-refractivity contribution in [1.82, 2.24) is 14.9 Å². The molecule has 1 aliphatic carbocycles. The van der Waals surface area contributed by atoms with Crippen LogP contribution in [0.25, 0.3) is 22.0 Å². The summed E-state index contributed by atoms with van der Waals surface area (Å²) < 4.78 is 7.27. The monoisotopic (exact) mass is 403 g/mol. The number of fused-ring (bicyclic) bond motifs is 1. The van der Waals surface area contributed by atoms with Crippen LogP contribution in [0.15, 0.2) is 47.4 Å². The summed E-state index contributed by atoms with van der Waals surface area (Å²) in [6.07, 6.45) is 5.42. The number of amides is 1. The number of ether oxygens (including phenoxy) is 1. The second-order valence-electron chi connectivity index (χ2n) is 8.31. The molecule has 6 heteroatoms. The van der Waals surface area contributed by atoms with Gasteiger partial charge < -0.3 is 10.1 Å². The van der Waals surface area contributed by atoms with Gasteiger partial charge in [-0.05, 0) is 73.6 Å². The largest absolute Gasteiger partial charge is 0.381 e. The van der Waals surface area contributed by atoms with E-state index in [4.69, 9.17) is 4.74 Å². The number of rotatable bonds is 4. The van der Waals surface area contributed by atoms with Crippen molar-refractivity contribution in [2.24, 2.45) is 0 Å². The average molecular weight is 403 g/mol. The van der Waals surface area contributed by atoms with Gasteiger partial charge in [0.25, 0.3) is 5.91 Å². The molecule has 1 aromatic heterocycles. The van der Waals surface area contributed by atoms with Crippen LogP contribution in [0.4, 0.5) is 0 Å². The molecule has 0 radical (unpaired) electrons. The lowest BCUT2D eigenvalue weighted by Gasteiger charge is -2.25. The Morgan fingerprint density at radius 2 is 1.90 bits per heavy atom. The smallest absolute Gasteiger partial charge is 0.348 e. The summed E-state index contributed by atoms with van der Waals surface area (Å²) >= 11 is 0. The van der Waals surface area contributed by atoms with Crippen LogP contribution >= 0.6 is 0 Å². The molecule has 0 unspecified atom stereocenters. The third kappa shape index (κ3) is 3.63. The standard InChI is InChI=1S/C24H25N3O3/c1-15-2-3-17(23(28)26-19-5-6-19)13-21(15)16-4-7-22-18(12-16)14-25-24(29)27(22)20-8-10-30-11-9-20/h2-4,7,12-14,19-20H,5-6,8-11H2,1H3,(H,26,28). The Labute approximate surface area is 174 Å². The van der Waals surface area contributed by atoms with Gasteiger partial charge in [-0.25, -0.2) is 9.78 Å². The van der Waals surface area contributed by atoms with Gasteiger partial charge in [0.15, 0.2) is 0 Å². The number of hydrogen-bond acceptors (Lipinski definition) is 4. The quantitative estimate of drug-likeness (QED) is 0.722. The number of nitrogens with zero attached hydrogens (tertiary/aromatic N) is 2. The Morgan fingerprint density at radius 3 is 2.67 bits per heavy atom. The van der Waals surface area contributed by atoms with E-state index < -0.39 is 0 Å². The molecule has 5 rings (SSSR count). The van der Waals surface area contributed by atoms with Gasteiger partial charge in [-0.3, -0.25) is 9.36 Å². The number of carbonyl (C=O) groups is 1. The van der Waals surface area contributed by atoms with Crippen LogP contribution in [0.2, 0.25) is 0 Å². The van der Waals surface area contributed by atoms with Gasteiger partial charge >= 0.3 is 5.69 Å². The first-order valence-electron chi connectivity index (χ1n) is 10.6. The first kappa shape index (κ1) is 19.0. The maximum Gasteiger partial charge on any atom is 0.348 e.